The molecule has 0 radical (unpaired) electrons. The number of carboxylic acid groups (broad SMARTS) is 1. The van der Waals surface area contributed by atoms with E-state index in [2.05, 4.69) is 52.5 Å². The third-order valence-corrected chi connectivity index (χ3v) is 3.98. The molecule has 0 aromatic rings. The Balaban J connectivity index is -0.0000000977. The van der Waals surface area contributed by atoms with E-state index in [-0.39, 0.29) is 18.9 Å². The number of ether oxygens (including phenoxy) is 1. The van der Waals surface area contributed by atoms with Crippen LogP contribution in [0.15, 0.2) is 50.6 Å². The highest BCUT2D eigenvalue weighted by Crippen LogP contribution is 2.08. The molecule has 0 aromatic carbocycles. The van der Waals surface area contributed by atoms with Crippen molar-refractivity contribution < 1.29 is 32.2 Å². The lowest BCUT2D eigenvalue weighted by atomic mass is 10.5. The summed E-state index contributed by atoms with van der Waals surface area (Å²) in [6.45, 7) is 25.7. The maximum absolute atomic E-state index is 8.74. The first-order chi connectivity index (χ1) is 19.5. The Hall–Kier alpha value is -1.44. The highest BCUT2D eigenvalue weighted by atomic mass is 35.5. The predicted molar refractivity (Wildman–Crippen MR) is 178 cm³/mol. The Morgan fingerprint density at radius 1 is 0.857 bits per heavy atom. The summed E-state index contributed by atoms with van der Waals surface area (Å²) < 4.78 is 36.3. The topological polar surface area (TPSA) is 228 Å². The zero-order valence-corrected chi connectivity index (χ0v) is 27.4. The van der Waals surface area contributed by atoms with Gasteiger partial charge in [-0.3, -0.25) is 18.8 Å². The number of carbonyl (C=O) groups is 1. The van der Waals surface area contributed by atoms with Crippen molar-refractivity contribution in [2.45, 2.75) is 6.10 Å². The quantitative estimate of drug-likeness (QED) is 0.0220. The first-order valence-corrected chi connectivity index (χ1v) is 14.7. The molecule has 1 unspecified atom stereocenters. The van der Waals surface area contributed by atoms with E-state index in [1.165, 1.54) is 0 Å². The number of hydrogen-bond acceptors (Lipinski definition) is 11. The van der Waals surface area contributed by atoms with Crippen molar-refractivity contribution in [2.24, 2.45) is 11.5 Å². The number of hydrogen-bond donors (Lipinski definition) is 9. The van der Waals surface area contributed by atoms with Crippen molar-refractivity contribution in [2.75, 3.05) is 98.1 Å². The number of likely N-dealkylation sites (N-methyl/N-ethyl adjacent to an activating group) is 1. The van der Waals surface area contributed by atoms with Crippen molar-refractivity contribution in [3.8, 4) is 0 Å². The largest absolute Gasteiger partial charge is 0.483 e. The number of rotatable bonds is 19. The van der Waals surface area contributed by atoms with Gasteiger partial charge in [-0.1, -0.05) is 24.3 Å². The van der Waals surface area contributed by atoms with Crippen LogP contribution < -0.4 is 32.7 Å². The first-order valence-electron chi connectivity index (χ1n) is 12.8. The second-order valence-corrected chi connectivity index (χ2v) is 8.73. The van der Waals surface area contributed by atoms with Crippen LogP contribution in [0.25, 0.3) is 0 Å². The van der Waals surface area contributed by atoms with Gasteiger partial charge in [0.1, 0.15) is 0 Å². The van der Waals surface area contributed by atoms with Gasteiger partial charge in [-0.15, -0.1) is 50.3 Å². The predicted octanol–water partition coefficient (Wildman–Crippen LogP) is 0.00460. The van der Waals surface area contributed by atoms with Gasteiger partial charge in [-0.2, -0.15) is 8.42 Å². The maximum atomic E-state index is 8.74. The van der Waals surface area contributed by atoms with Crippen molar-refractivity contribution >= 4 is 40.9 Å². The number of halogens is 2. The van der Waals surface area contributed by atoms with Crippen LogP contribution in [0, 0.1) is 0 Å². The average Bonchev–Trinajstić information content (AvgIpc) is 3.74. The smallest absolute Gasteiger partial charge is 0.394 e. The highest BCUT2D eigenvalue weighted by Gasteiger charge is 2.19. The molecule has 11 N–H and O–H groups in total. The van der Waals surface area contributed by atoms with Crippen molar-refractivity contribution in [1.29, 1.82) is 0 Å². The molecular weight excluding hydrogens is 613 g/mol. The van der Waals surface area contributed by atoms with Crippen LogP contribution in [-0.2, 0) is 19.9 Å². The summed E-state index contributed by atoms with van der Waals surface area (Å²) in [5.74, 6) is 0.667. The van der Waals surface area contributed by atoms with Gasteiger partial charge in [0.2, 0.25) is 0 Å². The van der Waals surface area contributed by atoms with Crippen molar-refractivity contribution in [3.05, 3.63) is 50.6 Å². The summed E-state index contributed by atoms with van der Waals surface area (Å²) in [7, 11) is -2.64. The number of alkyl halides is 1. The van der Waals surface area contributed by atoms with E-state index in [0.717, 1.165) is 72.1 Å². The van der Waals surface area contributed by atoms with Gasteiger partial charge in [-0.05, 0) is 7.05 Å². The SMILES string of the molecule is C=CCN(C)CC=C.C=CCNCC=C.Cl.ClCC1CO1.NCCNCCNCCNCCN.O=CO.O=S(=O)(O)O. The van der Waals surface area contributed by atoms with Gasteiger partial charge in [0, 0.05) is 78.5 Å². The van der Waals surface area contributed by atoms with E-state index < -0.39 is 10.4 Å². The molecular formula is C25H57Cl2N7O7S. The Labute approximate surface area is 265 Å². The van der Waals surface area contributed by atoms with Gasteiger partial charge in [0.25, 0.3) is 6.47 Å². The van der Waals surface area contributed by atoms with Crippen molar-refractivity contribution in [3.63, 3.8) is 0 Å². The van der Waals surface area contributed by atoms with Crippen LogP contribution in [0.5, 0.6) is 0 Å². The number of nitrogens with two attached hydrogens (primary N) is 2. The molecule has 0 spiro atoms. The fourth-order valence-electron chi connectivity index (χ4n) is 1.89. The van der Waals surface area contributed by atoms with Crippen molar-refractivity contribution in [1.82, 2.24) is 26.2 Å². The molecule has 0 aliphatic carbocycles. The average molecular weight is 671 g/mol. The van der Waals surface area contributed by atoms with Crippen LogP contribution in [0.3, 0.4) is 0 Å². The van der Waals surface area contributed by atoms with E-state index in [4.69, 9.17) is 55.2 Å². The Morgan fingerprint density at radius 2 is 1.17 bits per heavy atom. The molecule has 42 heavy (non-hydrogen) atoms. The zero-order valence-electron chi connectivity index (χ0n) is 25.0. The summed E-state index contributed by atoms with van der Waals surface area (Å²) in [6.07, 6.45) is 7.80. The maximum Gasteiger partial charge on any atom is 0.394 e. The minimum atomic E-state index is -4.67. The molecule has 0 amide bonds. The summed E-state index contributed by atoms with van der Waals surface area (Å²) in [4.78, 5) is 10.5. The zero-order chi connectivity index (χ0) is 32.6. The molecule has 14 nitrogen and oxygen atoms in total. The molecule has 1 rings (SSSR count). The van der Waals surface area contributed by atoms with Gasteiger partial charge >= 0.3 is 10.4 Å². The summed E-state index contributed by atoms with van der Waals surface area (Å²) in [5.41, 5.74) is 10.6. The lowest BCUT2D eigenvalue weighted by molar-refractivity contribution is -0.122. The van der Waals surface area contributed by atoms with E-state index in [1.54, 1.807) is 0 Å². The molecule has 0 bridgehead atoms. The van der Waals surface area contributed by atoms with E-state index in [1.807, 2.05) is 31.4 Å². The lowest BCUT2D eigenvalue weighted by Gasteiger charge is -2.09. The summed E-state index contributed by atoms with van der Waals surface area (Å²) in [5, 5.41) is 19.7. The fourth-order valence-corrected chi connectivity index (χ4v) is 2.07. The van der Waals surface area contributed by atoms with Gasteiger partial charge < -0.3 is 42.6 Å². The third-order valence-electron chi connectivity index (χ3n) is 3.63. The minimum Gasteiger partial charge on any atom is -0.483 e. The third kappa shape index (κ3) is 98.0. The molecule has 17 heteroatoms. The number of nitrogens with one attached hydrogen (secondary N) is 4. The molecule has 1 atom stereocenters. The molecule has 1 aliphatic heterocycles. The Morgan fingerprint density at radius 3 is 1.36 bits per heavy atom. The molecule has 1 heterocycles. The monoisotopic (exact) mass is 669 g/mol. The molecule has 1 saturated heterocycles. The normalized spacial score (nSPS) is 12.1. The van der Waals surface area contributed by atoms with Crippen LogP contribution >= 0.6 is 24.0 Å². The standard InChI is InChI=1S/C8H23N5.C7H13N.C6H11N.C3H5ClO.CH2O2.ClH.H2O4S/c9-1-3-11-5-7-13-8-6-12-4-2-10;1-4-6-8(3)7-5-2;1-3-5-7-6-4-2;4-1-3-2-5-3;2-1-3;;1-5(2,3)4/h11-13H,1-10H2;4-5H,1-2,6-7H2,3H3;3-4,7H,1-2,5-6H2;3H,1-2H2;1H,(H,2,3);1H;(H2,1,2,3,4). The molecule has 0 aromatic heterocycles. The van der Waals surface area contributed by atoms with Gasteiger partial charge in [0.05, 0.1) is 18.6 Å². The Kier molecular flexibility index (Phi) is 62.3. The molecule has 0 saturated carbocycles. The van der Waals surface area contributed by atoms with E-state index in [9.17, 15) is 0 Å². The fraction of sp³-hybridized carbons (Fsp3) is 0.640. The molecule has 1 fully saturated rings. The van der Waals surface area contributed by atoms with Gasteiger partial charge in [-0.25, -0.2) is 0 Å². The number of epoxide rings is 1. The summed E-state index contributed by atoms with van der Waals surface area (Å²) >= 11 is 5.27. The molecule has 1 aliphatic rings. The van der Waals surface area contributed by atoms with Crippen LogP contribution in [0.2, 0.25) is 0 Å². The highest BCUT2D eigenvalue weighted by molar-refractivity contribution is 7.79. The molecule has 254 valence electrons. The lowest BCUT2D eigenvalue weighted by Crippen LogP contribution is -2.35. The van der Waals surface area contributed by atoms with Crippen LogP contribution in [0.1, 0.15) is 0 Å². The Bertz CT molecular complexity index is 629. The van der Waals surface area contributed by atoms with E-state index >= 15 is 0 Å². The van der Waals surface area contributed by atoms with Crippen LogP contribution in [0.4, 0.5) is 0 Å². The first kappa shape index (κ1) is 53.1. The second-order valence-electron chi connectivity index (χ2n) is 7.52. The summed E-state index contributed by atoms with van der Waals surface area (Å²) in [6, 6.07) is 0. The number of nitrogens with zero attached hydrogens (tertiary/aromatic N) is 1. The van der Waals surface area contributed by atoms with Gasteiger partial charge in [0.15, 0.2) is 0 Å². The van der Waals surface area contributed by atoms with Crippen LogP contribution in [-0.4, -0.2) is 138 Å². The van der Waals surface area contributed by atoms with E-state index in [0.29, 0.717) is 25.1 Å². The second kappa shape index (κ2) is 49.2. The minimum absolute atomic E-state index is 0.